The molecule has 2 rings (SSSR count). The van der Waals surface area contributed by atoms with Crippen LogP contribution in [0.3, 0.4) is 0 Å². The zero-order valence-corrected chi connectivity index (χ0v) is 9.53. The summed E-state index contributed by atoms with van der Waals surface area (Å²) >= 11 is 0. The van der Waals surface area contributed by atoms with Crippen LogP contribution in [-0.2, 0) is 11.2 Å². The molecule has 1 N–H and O–H groups in total. The maximum absolute atomic E-state index is 10.7. The molecule has 0 aliphatic heterocycles. The van der Waals surface area contributed by atoms with Crippen molar-refractivity contribution in [1.82, 2.24) is 14.7 Å². The Morgan fingerprint density at radius 2 is 2.38 bits per heavy atom. The minimum Gasteiger partial charge on any atom is -0.356 e. The standard InChI is InChI=1S/C12H15N3O/c1-9-4-6-15-8-11(14-12(15)7-9)3-5-13-10(2)16/h4,6-8H,3,5H2,1-2H3,(H,13,16). The van der Waals surface area contributed by atoms with Gasteiger partial charge >= 0.3 is 0 Å². The van der Waals surface area contributed by atoms with E-state index >= 15 is 0 Å². The van der Waals surface area contributed by atoms with E-state index < -0.39 is 0 Å². The molecule has 16 heavy (non-hydrogen) atoms. The molecule has 1 amide bonds. The van der Waals surface area contributed by atoms with Gasteiger partial charge < -0.3 is 9.72 Å². The highest BCUT2D eigenvalue weighted by Gasteiger charge is 2.01. The van der Waals surface area contributed by atoms with E-state index in [1.807, 2.05) is 35.9 Å². The van der Waals surface area contributed by atoms with E-state index in [4.69, 9.17) is 0 Å². The average Bonchev–Trinajstić information content (AvgIpc) is 2.58. The van der Waals surface area contributed by atoms with Crippen LogP contribution in [0.15, 0.2) is 24.5 Å². The molecule has 0 bridgehead atoms. The van der Waals surface area contributed by atoms with Gasteiger partial charge in [-0.15, -0.1) is 0 Å². The van der Waals surface area contributed by atoms with Gasteiger partial charge in [-0.3, -0.25) is 4.79 Å². The van der Waals surface area contributed by atoms with Crippen LogP contribution in [0, 0.1) is 6.92 Å². The van der Waals surface area contributed by atoms with Crippen molar-refractivity contribution in [3.05, 3.63) is 35.8 Å². The summed E-state index contributed by atoms with van der Waals surface area (Å²) in [4.78, 5) is 15.2. The van der Waals surface area contributed by atoms with Gasteiger partial charge in [0.2, 0.25) is 5.91 Å². The topological polar surface area (TPSA) is 46.4 Å². The molecule has 0 atom stereocenters. The third kappa shape index (κ3) is 2.39. The fourth-order valence-corrected chi connectivity index (χ4v) is 1.62. The molecule has 2 aromatic heterocycles. The first-order valence-electron chi connectivity index (χ1n) is 5.34. The lowest BCUT2D eigenvalue weighted by Gasteiger charge is -1.97. The molecule has 2 heterocycles. The Hall–Kier alpha value is -1.84. The van der Waals surface area contributed by atoms with Gasteiger partial charge in [0.15, 0.2) is 0 Å². The van der Waals surface area contributed by atoms with Crippen molar-refractivity contribution in [2.24, 2.45) is 0 Å². The number of aryl methyl sites for hydroxylation is 1. The minimum atomic E-state index is -0.000362. The second-order valence-corrected chi connectivity index (χ2v) is 3.93. The molecule has 0 radical (unpaired) electrons. The van der Waals surface area contributed by atoms with Crippen LogP contribution in [0.25, 0.3) is 5.65 Å². The smallest absolute Gasteiger partial charge is 0.216 e. The van der Waals surface area contributed by atoms with Gasteiger partial charge in [-0.25, -0.2) is 4.98 Å². The van der Waals surface area contributed by atoms with Crippen molar-refractivity contribution < 1.29 is 4.79 Å². The first kappa shape index (κ1) is 10.7. The third-order valence-electron chi connectivity index (χ3n) is 2.42. The lowest BCUT2D eigenvalue weighted by molar-refractivity contribution is -0.118. The maximum atomic E-state index is 10.7. The molecule has 0 fully saturated rings. The highest BCUT2D eigenvalue weighted by atomic mass is 16.1. The molecule has 0 unspecified atom stereocenters. The van der Waals surface area contributed by atoms with Crippen LogP contribution < -0.4 is 5.32 Å². The van der Waals surface area contributed by atoms with E-state index in [-0.39, 0.29) is 5.91 Å². The van der Waals surface area contributed by atoms with Crippen LogP contribution >= 0.6 is 0 Å². The summed E-state index contributed by atoms with van der Waals surface area (Å²) in [5.41, 5.74) is 3.16. The van der Waals surface area contributed by atoms with E-state index in [1.165, 1.54) is 12.5 Å². The predicted octanol–water partition coefficient (Wildman–Crippen LogP) is 1.32. The summed E-state index contributed by atoms with van der Waals surface area (Å²) in [6, 6.07) is 4.09. The Labute approximate surface area is 94.3 Å². The number of rotatable bonds is 3. The number of carbonyl (C=O) groups is 1. The van der Waals surface area contributed by atoms with Crippen molar-refractivity contribution in [3.8, 4) is 0 Å². The molecule has 0 spiro atoms. The fourth-order valence-electron chi connectivity index (χ4n) is 1.62. The molecule has 2 aromatic rings. The summed E-state index contributed by atoms with van der Waals surface area (Å²) in [6.45, 7) is 4.21. The number of pyridine rings is 1. The Kier molecular flexibility index (Phi) is 2.90. The van der Waals surface area contributed by atoms with E-state index in [0.717, 1.165) is 17.8 Å². The number of imidazole rings is 1. The second kappa shape index (κ2) is 4.35. The SMILES string of the molecule is CC(=O)NCCc1cn2ccc(C)cc2n1. The molecular weight excluding hydrogens is 202 g/mol. The molecule has 4 nitrogen and oxygen atoms in total. The first-order valence-corrected chi connectivity index (χ1v) is 5.34. The molecule has 84 valence electrons. The number of hydrogen-bond acceptors (Lipinski definition) is 2. The molecule has 0 aliphatic carbocycles. The number of aromatic nitrogens is 2. The molecule has 0 aromatic carbocycles. The van der Waals surface area contributed by atoms with Crippen LogP contribution in [0.1, 0.15) is 18.2 Å². The van der Waals surface area contributed by atoms with Crippen LogP contribution in [0.5, 0.6) is 0 Å². The highest BCUT2D eigenvalue weighted by molar-refractivity contribution is 5.72. The largest absolute Gasteiger partial charge is 0.356 e. The Balaban J connectivity index is 2.10. The average molecular weight is 217 g/mol. The number of nitrogens with zero attached hydrogens (tertiary/aromatic N) is 2. The second-order valence-electron chi connectivity index (χ2n) is 3.93. The van der Waals surface area contributed by atoms with Gasteiger partial charge in [0.25, 0.3) is 0 Å². The predicted molar refractivity (Wildman–Crippen MR) is 62.3 cm³/mol. The summed E-state index contributed by atoms with van der Waals surface area (Å²) in [6.07, 6.45) is 4.76. The third-order valence-corrected chi connectivity index (χ3v) is 2.42. The highest BCUT2D eigenvalue weighted by Crippen LogP contribution is 2.07. The number of amides is 1. The molecule has 0 aliphatic rings. The lowest BCUT2D eigenvalue weighted by Crippen LogP contribution is -2.22. The van der Waals surface area contributed by atoms with Gasteiger partial charge in [0.05, 0.1) is 5.69 Å². The van der Waals surface area contributed by atoms with Crippen molar-refractivity contribution in [3.63, 3.8) is 0 Å². The summed E-state index contributed by atoms with van der Waals surface area (Å²) in [5.74, 6) is -0.000362. The quantitative estimate of drug-likeness (QED) is 0.842. The zero-order chi connectivity index (χ0) is 11.5. The van der Waals surface area contributed by atoms with Gasteiger partial charge in [-0.2, -0.15) is 0 Å². The monoisotopic (exact) mass is 217 g/mol. The minimum absolute atomic E-state index is 0.000362. The lowest BCUT2D eigenvalue weighted by atomic mass is 10.3. The van der Waals surface area contributed by atoms with E-state index in [2.05, 4.69) is 10.3 Å². The van der Waals surface area contributed by atoms with Crippen LogP contribution in [0.4, 0.5) is 0 Å². The van der Waals surface area contributed by atoms with Gasteiger partial charge in [0, 0.05) is 32.3 Å². The van der Waals surface area contributed by atoms with Crippen LogP contribution in [-0.4, -0.2) is 21.8 Å². The van der Waals surface area contributed by atoms with Crippen molar-refractivity contribution in [1.29, 1.82) is 0 Å². The Bertz CT molecular complexity index is 516. The van der Waals surface area contributed by atoms with Crippen LogP contribution in [0.2, 0.25) is 0 Å². The Morgan fingerprint density at radius 1 is 1.56 bits per heavy atom. The molecular formula is C12H15N3O. The maximum Gasteiger partial charge on any atom is 0.216 e. The number of carbonyl (C=O) groups excluding carboxylic acids is 1. The molecule has 0 saturated carbocycles. The number of fused-ring (bicyclic) bond motifs is 1. The normalized spacial score (nSPS) is 10.6. The number of hydrogen-bond donors (Lipinski definition) is 1. The Morgan fingerprint density at radius 3 is 3.12 bits per heavy atom. The van der Waals surface area contributed by atoms with Gasteiger partial charge in [0.1, 0.15) is 5.65 Å². The van der Waals surface area contributed by atoms with E-state index in [1.54, 1.807) is 0 Å². The van der Waals surface area contributed by atoms with Gasteiger partial charge in [-0.05, 0) is 24.6 Å². The van der Waals surface area contributed by atoms with E-state index in [0.29, 0.717) is 6.54 Å². The summed E-state index contributed by atoms with van der Waals surface area (Å²) < 4.78 is 2.00. The van der Waals surface area contributed by atoms with E-state index in [9.17, 15) is 4.79 Å². The molecule has 4 heteroatoms. The number of nitrogens with one attached hydrogen (secondary N) is 1. The van der Waals surface area contributed by atoms with Crippen molar-refractivity contribution >= 4 is 11.6 Å². The van der Waals surface area contributed by atoms with Crippen molar-refractivity contribution in [2.75, 3.05) is 6.54 Å². The summed E-state index contributed by atoms with van der Waals surface area (Å²) in [7, 11) is 0. The zero-order valence-electron chi connectivity index (χ0n) is 9.53. The summed E-state index contributed by atoms with van der Waals surface area (Å²) in [5, 5.41) is 2.76. The van der Waals surface area contributed by atoms with Gasteiger partial charge in [-0.1, -0.05) is 0 Å². The molecule has 0 saturated heterocycles. The van der Waals surface area contributed by atoms with Crippen molar-refractivity contribution in [2.45, 2.75) is 20.3 Å². The first-order chi connectivity index (χ1) is 7.65. The fraction of sp³-hybridized carbons (Fsp3) is 0.333.